The zero-order chi connectivity index (χ0) is 12.3. The summed E-state index contributed by atoms with van der Waals surface area (Å²) >= 11 is 0. The fourth-order valence-corrected chi connectivity index (χ4v) is 3.37. The van der Waals surface area contributed by atoms with E-state index in [1.54, 1.807) is 0 Å². The van der Waals surface area contributed by atoms with Gasteiger partial charge in [0.1, 0.15) is 0 Å². The van der Waals surface area contributed by atoms with Gasteiger partial charge in [0.25, 0.3) is 0 Å². The second kappa shape index (κ2) is 6.19. The van der Waals surface area contributed by atoms with Gasteiger partial charge >= 0.3 is 0 Å². The average molecular weight is 239 g/mol. The standard InChI is InChI=1S/C15H29NO/c1-4-16-15(11(2)9-10-17-3)14(12-5-6-12)13-7-8-13/h11-16H,4-10H2,1-3H3. The van der Waals surface area contributed by atoms with Crippen molar-refractivity contribution in [2.75, 3.05) is 20.3 Å². The number of hydrogen-bond donors (Lipinski definition) is 1. The normalized spacial score (nSPS) is 24.0. The van der Waals surface area contributed by atoms with E-state index in [1.807, 2.05) is 7.11 Å². The highest BCUT2D eigenvalue weighted by Gasteiger charge is 2.46. The number of methoxy groups -OCH3 is 1. The maximum atomic E-state index is 5.24. The molecule has 2 aliphatic carbocycles. The van der Waals surface area contributed by atoms with Gasteiger partial charge in [-0.2, -0.15) is 0 Å². The van der Waals surface area contributed by atoms with Crippen LogP contribution in [0.5, 0.6) is 0 Å². The third-order valence-electron chi connectivity index (χ3n) is 4.58. The average Bonchev–Trinajstić information content (AvgIpc) is 3.16. The smallest absolute Gasteiger partial charge is 0.0465 e. The lowest BCUT2D eigenvalue weighted by Gasteiger charge is -2.33. The summed E-state index contributed by atoms with van der Waals surface area (Å²) in [6.45, 7) is 6.67. The summed E-state index contributed by atoms with van der Waals surface area (Å²) < 4.78 is 5.24. The summed E-state index contributed by atoms with van der Waals surface area (Å²) in [7, 11) is 1.81. The molecule has 0 aromatic rings. The first kappa shape index (κ1) is 13.4. The Morgan fingerprint density at radius 3 is 2.18 bits per heavy atom. The van der Waals surface area contributed by atoms with E-state index in [1.165, 1.54) is 32.1 Å². The van der Waals surface area contributed by atoms with Crippen LogP contribution < -0.4 is 5.32 Å². The second-order valence-electron chi connectivity index (χ2n) is 6.09. The minimum Gasteiger partial charge on any atom is -0.385 e. The predicted octanol–water partition coefficient (Wildman–Crippen LogP) is 3.07. The lowest BCUT2D eigenvalue weighted by atomic mass is 9.81. The third kappa shape index (κ3) is 3.69. The van der Waals surface area contributed by atoms with Gasteiger partial charge < -0.3 is 10.1 Å². The molecule has 0 saturated heterocycles. The van der Waals surface area contributed by atoms with E-state index in [0.29, 0.717) is 0 Å². The molecule has 2 aliphatic rings. The molecule has 0 radical (unpaired) electrons. The molecule has 0 aliphatic heterocycles. The van der Waals surface area contributed by atoms with Crippen molar-refractivity contribution >= 4 is 0 Å². The largest absolute Gasteiger partial charge is 0.385 e. The van der Waals surface area contributed by atoms with Gasteiger partial charge in [-0.25, -0.2) is 0 Å². The molecule has 2 heteroatoms. The zero-order valence-corrected chi connectivity index (χ0v) is 11.7. The molecule has 2 rings (SSSR count). The highest BCUT2D eigenvalue weighted by molar-refractivity contribution is 4.98. The van der Waals surface area contributed by atoms with Gasteiger partial charge in [0.15, 0.2) is 0 Å². The molecule has 0 spiro atoms. The van der Waals surface area contributed by atoms with Gasteiger partial charge in [-0.05, 0) is 62.3 Å². The van der Waals surface area contributed by atoms with Gasteiger partial charge in [-0.15, -0.1) is 0 Å². The first-order valence-corrected chi connectivity index (χ1v) is 7.50. The molecule has 0 aromatic heterocycles. The van der Waals surface area contributed by atoms with Crippen LogP contribution in [0.3, 0.4) is 0 Å². The van der Waals surface area contributed by atoms with E-state index < -0.39 is 0 Å². The molecule has 2 unspecified atom stereocenters. The van der Waals surface area contributed by atoms with Gasteiger partial charge in [-0.1, -0.05) is 13.8 Å². The molecule has 2 saturated carbocycles. The van der Waals surface area contributed by atoms with E-state index in [-0.39, 0.29) is 0 Å². The molecular weight excluding hydrogens is 210 g/mol. The summed E-state index contributed by atoms with van der Waals surface area (Å²) in [6, 6.07) is 0.732. The van der Waals surface area contributed by atoms with Crippen molar-refractivity contribution < 1.29 is 4.74 Å². The number of ether oxygens (including phenoxy) is 1. The Hall–Kier alpha value is -0.0800. The molecule has 17 heavy (non-hydrogen) atoms. The van der Waals surface area contributed by atoms with E-state index in [2.05, 4.69) is 19.2 Å². The maximum absolute atomic E-state index is 5.24. The Morgan fingerprint density at radius 2 is 1.76 bits per heavy atom. The van der Waals surface area contributed by atoms with Crippen molar-refractivity contribution in [2.24, 2.45) is 23.7 Å². The number of rotatable bonds is 9. The van der Waals surface area contributed by atoms with Crippen molar-refractivity contribution in [3.63, 3.8) is 0 Å². The van der Waals surface area contributed by atoms with Crippen LogP contribution in [0.2, 0.25) is 0 Å². The van der Waals surface area contributed by atoms with Crippen molar-refractivity contribution in [2.45, 2.75) is 52.0 Å². The lowest BCUT2D eigenvalue weighted by Crippen LogP contribution is -2.43. The molecule has 0 heterocycles. The Balaban J connectivity index is 1.92. The summed E-state index contributed by atoms with van der Waals surface area (Å²) in [4.78, 5) is 0. The van der Waals surface area contributed by atoms with E-state index in [0.717, 1.165) is 42.9 Å². The molecule has 2 nitrogen and oxygen atoms in total. The molecular formula is C15H29NO. The fraction of sp³-hybridized carbons (Fsp3) is 1.00. The van der Waals surface area contributed by atoms with Gasteiger partial charge in [0.2, 0.25) is 0 Å². The SMILES string of the molecule is CCNC(C(C)CCOC)C(C1CC1)C1CC1. The van der Waals surface area contributed by atoms with Crippen LogP contribution in [0, 0.1) is 23.7 Å². The van der Waals surface area contributed by atoms with Crippen LogP contribution in [0.4, 0.5) is 0 Å². The second-order valence-corrected chi connectivity index (χ2v) is 6.09. The van der Waals surface area contributed by atoms with Crippen LogP contribution in [0.25, 0.3) is 0 Å². The predicted molar refractivity (Wildman–Crippen MR) is 72.1 cm³/mol. The van der Waals surface area contributed by atoms with Crippen LogP contribution in [-0.2, 0) is 4.74 Å². The summed E-state index contributed by atoms with van der Waals surface area (Å²) in [5.41, 5.74) is 0. The summed E-state index contributed by atoms with van der Waals surface area (Å²) in [6.07, 6.45) is 7.14. The van der Waals surface area contributed by atoms with Crippen molar-refractivity contribution in [3.05, 3.63) is 0 Å². The highest BCUT2D eigenvalue weighted by atomic mass is 16.5. The molecule has 100 valence electrons. The minimum atomic E-state index is 0.732. The Morgan fingerprint density at radius 1 is 1.18 bits per heavy atom. The Kier molecular flexibility index (Phi) is 4.87. The Bertz CT molecular complexity index is 211. The van der Waals surface area contributed by atoms with Crippen molar-refractivity contribution in [1.82, 2.24) is 5.32 Å². The number of nitrogens with one attached hydrogen (secondary N) is 1. The van der Waals surface area contributed by atoms with Crippen LogP contribution in [0.15, 0.2) is 0 Å². The molecule has 0 aromatic carbocycles. The zero-order valence-electron chi connectivity index (χ0n) is 11.7. The van der Waals surface area contributed by atoms with Gasteiger partial charge in [-0.3, -0.25) is 0 Å². The fourth-order valence-electron chi connectivity index (χ4n) is 3.37. The first-order chi connectivity index (χ1) is 8.27. The molecule has 0 bridgehead atoms. The molecule has 2 atom stereocenters. The van der Waals surface area contributed by atoms with Crippen LogP contribution in [-0.4, -0.2) is 26.3 Å². The summed E-state index contributed by atoms with van der Waals surface area (Å²) in [5, 5.41) is 3.78. The summed E-state index contributed by atoms with van der Waals surface area (Å²) in [5.74, 6) is 3.79. The highest BCUT2D eigenvalue weighted by Crippen LogP contribution is 2.51. The molecule has 1 N–H and O–H groups in total. The van der Waals surface area contributed by atoms with Gasteiger partial charge in [0.05, 0.1) is 0 Å². The lowest BCUT2D eigenvalue weighted by molar-refractivity contribution is 0.148. The third-order valence-corrected chi connectivity index (χ3v) is 4.58. The number of hydrogen-bond acceptors (Lipinski definition) is 2. The van der Waals surface area contributed by atoms with E-state index in [4.69, 9.17) is 4.74 Å². The molecule has 0 amide bonds. The van der Waals surface area contributed by atoms with E-state index in [9.17, 15) is 0 Å². The van der Waals surface area contributed by atoms with Crippen LogP contribution >= 0.6 is 0 Å². The van der Waals surface area contributed by atoms with Crippen molar-refractivity contribution in [1.29, 1.82) is 0 Å². The van der Waals surface area contributed by atoms with Crippen molar-refractivity contribution in [3.8, 4) is 0 Å². The first-order valence-electron chi connectivity index (χ1n) is 7.50. The van der Waals surface area contributed by atoms with Gasteiger partial charge in [0, 0.05) is 19.8 Å². The topological polar surface area (TPSA) is 21.3 Å². The quantitative estimate of drug-likeness (QED) is 0.667. The maximum Gasteiger partial charge on any atom is 0.0465 e. The monoisotopic (exact) mass is 239 g/mol. The molecule has 2 fully saturated rings. The van der Waals surface area contributed by atoms with Crippen LogP contribution in [0.1, 0.15) is 46.0 Å². The van der Waals surface area contributed by atoms with E-state index >= 15 is 0 Å². The Labute approximate surface area is 107 Å². The minimum absolute atomic E-state index is 0.732.